The van der Waals surface area contributed by atoms with Crippen LogP contribution in [-0.4, -0.2) is 16.0 Å². The Hall–Kier alpha value is -2.13. The molecule has 0 aliphatic carbocycles. The maximum atomic E-state index is 4.46. The normalized spacial score (nSPS) is 12.7. The van der Waals surface area contributed by atoms with Gasteiger partial charge in [0, 0.05) is 11.6 Å². The van der Waals surface area contributed by atoms with Crippen LogP contribution in [0.2, 0.25) is 0 Å². The number of H-pyrrole nitrogens is 1. The molecule has 3 heteroatoms. The summed E-state index contributed by atoms with van der Waals surface area (Å²) in [6, 6.07) is 15.4. The molecule has 0 spiro atoms. The lowest BCUT2D eigenvalue weighted by Gasteiger charge is -2.09. The molecule has 2 N–H and O–H groups in total. The lowest BCUT2D eigenvalue weighted by molar-refractivity contribution is 0.525. The van der Waals surface area contributed by atoms with E-state index in [0.717, 1.165) is 24.5 Å². The number of rotatable bonds is 5. The Kier molecular flexibility index (Phi) is 4.02. The summed E-state index contributed by atoms with van der Waals surface area (Å²) in [5.74, 6) is 0.985. The van der Waals surface area contributed by atoms with Crippen LogP contribution in [0.15, 0.2) is 48.7 Å². The van der Waals surface area contributed by atoms with Crippen molar-refractivity contribution in [2.75, 3.05) is 0 Å². The standard InChI is InChI=1S/C18H21N3/c1-3-13(2)19-12-18-20-11-17(21-18)16-9-8-14-6-4-5-7-15(14)10-16/h4-11,13,19H,3,12H2,1-2H3,(H,20,21). The Labute approximate surface area is 125 Å². The molecule has 3 aromatic rings. The van der Waals surface area contributed by atoms with E-state index in [1.807, 2.05) is 6.20 Å². The quantitative estimate of drug-likeness (QED) is 0.737. The molecule has 0 aliphatic rings. The van der Waals surface area contributed by atoms with Crippen LogP contribution in [0.5, 0.6) is 0 Å². The van der Waals surface area contributed by atoms with Gasteiger partial charge in [0.25, 0.3) is 0 Å². The number of hydrogen-bond donors (Lipinski definition) is 2. The molecule has 1 unspecified atom stereocenters. The van der Waals surface area contributed by atoms with Crippen molar-refractivity contribution in [1.29, 1.82) is 0 Å². The fourth-order valence-corrected chi connectivity index (χ4v) is 2.37. The molecule has 21 heavy (non-hydrogen) atoms. The summed E-state index contributed by atoms with van der Waals surface area (Å²) in [7, 11) is 0. The zero-order valence-electron chi connectivity index (χ0n) is 12.6. The number of benzene rings is 2. The van der Waals surface area contributed by atoms with Crippen molar-refractivity contribution in [3.05, 3.63) is 54.5 Å². The van der Waals surface area contributed by atoms with Gasteiger partial charge in [-0.1, -0.05) is 43.3 Å². The number of aromatic amines is 1. The number of imidazole rings is 1. The van der Waals surface area contributed by atoms with Crippen LogP contribution in [0, 0.1) is 0 Å². The number of nitrogens with zero attached hydrogens (tertiary/aromatic N) is 1. The Balaban J connectivity index is 1.81. The minimum absolute atomic E-state index is 0.513. The highest BCUT2D eigenvalue weighted by Crippen LogP contribution is 2.23. The van der Waals surface area contributed by atoms with Gasteiger partial charge in [-0.25, -0.2) is 4.98 Å². The monoisotopic (exact) mass is 279 g/mol. The molecule has 0 saturated carbocycles. The van der Waals surface area contributed by atoms with Crippen molar-refractivity contribution in [3.8, 4) is 11.3 Å². The molecule has 2 aromatic carbocycles. The van der Waals surface area contributed by atoms with Gasteiger partial charge in [-0.3, -0.25) is 0 Å². The van der Waals surface area contributed by atoms with E-state index in [1.54, 1.807) is 0 Å². The second kappa shape index (κ2) is 6.10. The molecule has 3 nitrogen and oxygen atoms in total. The van der Waals surface area contributed by atoms with Gasteiger partial charge in [0.05, 0.1) is 18.4 Å². The first-order chi connectivity index (χ1) is 10.3. The van der Waals surface area contributed by atoms with Crippen LogP contribution >= 0.6 is 0 Å². The summed E-state index contributed by atoms with van der Waals surface area (Å²) in [5, 5.41) is 5.97. The van der Waals surface area contributed by atoms with Crippen LogP contribution < -0.4 is 5.32 Å². The molecule has 0 fully saturated rings. The zero-order valence-corrected chi connectivity index (χ0v) is 12.6. The van der Waals surface area contributed by atoms with Crippen LogP contribution in [0.3, 0.4) is 0 Å². The maximum absolute atomic E-state index is 4.46. The van der Waals surface area contributed by atoms with Crippen molar-refractivity contribution in [3.63, 3.8) is 0 Å². The zero-order chi connectivity index (χ0) is 14.7. The third-order valence-corrected chi connectivity index (χ3v) is 3.92. The van der Waals surface area contributed by atoms with Crippen LogP contribution in [-0.2, 0) is 6.54 Å². The third kappa shape index (κ3) is 3.14. The summed E-state index contributed by atoms with van der Waals surface area (Å²) in [6.07, 6.45) is 3.04. The molecule has 0 bridgehead atoms. The van der Waals surface area contributed by atoms with E-state index in [0.29, 0.717) is 6.04 Å². The highest BCUT2D eigenvalue weighted by molar-refractivity contribution is 5.86. The molecule has 0 saturated heterocycles. The van der Waals surface area contributed by atoms with Gasteiger partial charge in [-0.15, -0.1) is 0 Å². The van der Waals surface area contributed by atoms with Gasteiger partial charge in [-0.2, -0.15) is 0 Å². The van der Waals surface area contributed by atoms with E-state index in [-0.39, 0.29) is 0 Å². The van der Waals surface area contributed by atoms with Gasteiger partial charge in [0.2, 0.25) is 0 Å². The minimum atomic E-state index is 0.513. The first-order valence-electron chi connectivity index (χ1n) is 7.52. The molecular formula is C18H21N3. The molecule has 108 valence electrons. The summed E-state index contributed by atoms with van der Waals surface area (Å²) < 4.78 is 0. The molecule has 3 rings (SSSR count). The van der Waals surface area contributed by atoms with Crippen molar-refractivity contribution >= 4 is 10.8 Å². The Morgan fingerprint density at radius 1 is 1.14 bits per heavy atom. The Bertz CT molecular complexity index is 730. The van der Waals surface area contributed by atoms with Crippen molar-refractivity contribution < 1.29 is 0 Å². The van der Waals surface area contributed by atoms with Gasteiger partial charge >= 0.3 is 0 Å². The van der Waals surface area contributed by atoms with E-state index in [4.69, 9.17) is 0 Å². The smallest absolute Gasteiger partial charge is 0.120 e. The van der Waals surface area contributed by atoms with Gasteiger partial charge < -0.3 is 10.3 Å². The van der Waals surface area contributed by atoms with Crippen LogP contribution in [0.1, 0.15) is 26.1 Å². The van der Waals surface area contributed by atoms with Crippen LogP contribution in [0.4, 0.5) is 0 Å². The molecule has 1 atom stereocenters. The average molecular weight is 279 g/mol. The predicted octanol–water partition coefficient (Wildman–Crippen LogP) is 4.12. The SMILES string of the molecule is CCC(C)NCc1ncc(-c2ccc3ccccc3c2)[nH]1. The van der Waals surface area contributed by atoms with Crippen molar-refractivity contribution in [1.82, 2.24) is 15.3 Å². The number of aromatic nitrogens is 2. The number of nitrogens with one attached hydrogen (secondary N) is 2. The number of hydrogen-bond acceptors (Lipinski definition) is 2. The van der Waals surface area contributed by atoms with Gasteiger partial charge in [-0.05, 0) is 30.2 Å². The molecule has 0 aliphatic heterocycles. The summed E-state index contributed by atoms with van der Waals surface area (Å²) in [4.78, 5) is 7.86. The van der Waals surface area contributed by atoms with E-state index >= 15 is 0 Å². The third-order valence-electron chi connectivity index (χ3n) is 3.92. The maximum Gasteiger partial charge on any atom is 0.120 e. The van der Waals surface area contributed by atoms with E-state index < -0.39 is 0 Å². The summed E-state index contributed by atoms with van der Waals surface area (Å²) in [5.41, 5.74) is 2.25. The Morgan fingerprint density at radius 3 is 2.76 bits per heavy atom. The van der Waals surface area contributed by atoms with E-state index in [1.165, 1.54) is 16.3 Å². The highest BCUT2D eigenvalue weighted by Gasteiger charge is 2.05. The van der Waals surface area contributed by atoms with Gasteiger partial charge in [0.15, 0.2) is 0 Å². The van der Waals surface area contributed by atoms with E-state index in [9.17, 15) is 0 Å². The van der Waals surface area contributed by atoms with Crippen molar-refractivity contribution in [2.24, 2.45) is 0 Å². The topological polar surface area (TPSA) is 40.7 Å². The minimum Gasteiger partial charge on any atom is -0.341 e. The van der Waals surface area contributed by atoms with Crippen LogP contribution in [0.25, 0.3) is 22.0 Å². The highest BCUT2D eigenvalue weighted by atomic mass is 15.0. The summed E-state index contributed by atoms with van der Waals surface area (Å²) >= 11 is 0. The largest absolute Gasteiger partial charge is 0.341 e. The predicted molar refractivity (Wildman–Crippen MR) is 88.1 cm³/mol. The lowest BCUT2D eigenvalue weighted by atomic mass is 10.1. The molecule has 1 heterocycles. The fraction of sp³-hybridized carbons (Fsp3) is 0.278. The first kappa shape index (κ1) is 13.8. The molecule has 1 aromatic heterocycles. The second-order valence-corrected chi connectivity index (χ2v) is 5.50. The fourth-order valence-electron chi connectivity index (χ4n) is 2.37. The number of fused-ring (bicyclic) bond motifs is 1. The second-order valence-electron chi connectivity index (χ2n) is 5.50. The van der Waals surface area contributed by atoms with Gasteiger partial charge in [0.1, 0.15) is 5.82 Å². The molecular weight excluding hydrogens is 258 g/mol. The average Bonchev–Trinajstić information content (AvgIpc) is 3.01. The molecule has 0 radical (unpaired) electrons. The summed E-state index contributed by atoms with van der Waals surface area (Å²) in [6.45, 7) is 5.15. The van der Waals surface area contributed by atoms with E-state index in [2.05, 4.69) is 71.6 Å². The Morgan fingerprint density at radius 2 is 1.95 bits per heavy atom. The lowest BCUT2D eigenvalue weighted by Crippen LogP contribution is -2.24. The molecule has 0 amide bonds. The van der Waals surface area contributed by atoms with Crippen molar-refractivity contribution in [2.45, 2.75) is 32.9 Å². The first-order valence-corrected chi connectivity index (χ1v) is 7.52.